The molecule has 0 spiro atoms. The van der Waals surface area contributed by atoms with Gasteiger partial charge in [0.15, 0.2) is 0 Å². The van der Waals surface area contributed by atoms with Crippen LogP contribution in [0.25, 0.3) is 0 Å². The number of aliphatic hydroxyl groups is 1. The Morgan fingerprint density at radius 1 is 1.35 bits per heavy atom. The molecule has 0 aromatic rings. The van der Waals surface area contributed by atoms with Gasteiger partial charge < -0.3 is 10.4 Å². The second kappa shape index (κ2) is 6.13. The summed E-state index contributed by atoms with van der Waals surface area (Å²) in [5.41, 5.74) is -0.722. The number of sulfonamides is 1. The Hall–Kier alpha value is -0.170. The topological polar surface area (TPSA) is 78.4 Å². The van der Waals surface area contributed by atoms with Gasteiger partial charge >= 0.3 is 0 Å². The fraction of sp³-hybridized carbons (Fsp3) is 1.00. The van der Waals surface area contributed by atoms with Crippen molar-refractivity contribution in [1.82, 2.24) is 10.0 Å². The summed E-state index contributed by atoms with van der Waals surface area (Å²) in [7, 11) is -3.17. The summed E-state index contributed by atoms with van der Waals surface area (Å²) in [5.74, 6) is 0. The quantitative estimate of drug-likeness (QED) is 0.599. The second-order valence-electron chi connectivity index (χ2n) is 5.30. The Kier molecular flexibility index (Phi) is 5.37. The molecule has 0 saturated carbocycles. The Morgan fingerprint density at radius 3 is 2.47 bits per heavy atom. The first kappa shape index (κ1) is 14.9. The van der Waals surface area contributed by atoms with Gasteiger partial charge in [0.25, 0.3) is 0 Å². The van der Waals surface area contributed by atoms with Crippen LogP contribution in [0, 0.1) is 0 Å². The van der Waals surface area contributed by atoms with Gasteiger partial charge in [-0.15, -0.1) is 0 Å². The van der Waals surface area contributed by atoms with Crippen molar-refractivity contribution in [2.24, 2.45) is 0 Å². The molecule has 1 heterocycles. The lowest BCUT2D eigenvalue weighted by Gasteiger charge is -2.23. The van der Waals surface area contributed by atoms with Crippen molar-refractivity contribution < 1.29 is 13.5 Å². The molecule has 6 heteroatoms. The fourth-order valence-electron chi connectivity index (χ4n) is 1.96. The van der Waals surface area contributed by atoms with Crippen LogP contribution in [0.2, 0.25) is 0 Å². The average molecular weight is 264 g/mol. The molecule has 0 amide bonds. The molecule has 0 unspecified atom stereocenters. The zero-order valence-electron chi connectivity index (χ0n) is 10.7. The zero-order valence-corrected chi connectivity index (χ0v) is 11.5. The van der Waals surface area contributed by atoms with Gasteiger partial charge in [-0.1, -0.05) is 0 Å². The first-order valence-electron chi connectivity index (χ1n) is 6.23. The van der Waals surface area contributed by atoms with Crippen LogP contribution in [-0.2, 0) is 10.0 Å². The van der Waals surface area contributed by atoms with E-state index in [0.717, 1.165) is 13.1 Å². The van der Waals surface area contributed by atoms with Gasteiger partial charge in [0, 0.05) is 6.54 Å². The normalized spacial score (nSPS) is 19.5. The van der Waals surface area contributed by atoms with Crippen molar-refractivity contribution in [3.8, 4) is 0 Å². The molecule has 0 radical (unpaired) electrons. The molecule has 17 heavy (non-hydrogen) atoms. The molecule has 1 aliphatic rings. The summed E-state index contributed by atoms with van der Waals surface area (Å²) in [4.78, 5) is 0. The molecule has 1 saturated heterocycles. The molecule has 0 aliphatic carbocycles. The SMILES string of the molecule is CC(C)(O)CCCNS(=O)(=O)C1CCNCC1. The predicted octanol–water partition coefficient (Wildman–Crippen LogP) is 0.209. The molecule has 1 aliphatic heterocycles. The molecule has 1 fully saturated rings. The molecule has 0 aromatic carbocycles. The van der Waals surface area contributed by atoms with E-state index < -0.39 is 15.6 Å². The van der Waals surface area contributed by atoms with Crippen LogP contribution in [0.4, 0.5) is 0 Å². The van der Waals surface area contributed by atoms with Crippen molar-refractivity contribution >= 4 is 10.0 Å². The molecular weight excluding hydrogens is 240 g/mol. The zero-order chi connectivity index (χ0) is 12.9. The van der Waals surface area contributed by atoms with Gasteiger partial charge in [0.05, 0.1) is 10.9 Å². The molecule has 1 rings (SSSR count). The van der Waals surface area contributed by atoms with Gasteiger partial charge in [-0.25, -0.2) is 13.1 Å². The summed E-state index contributed by atoms with van der Waals surface area (Å²) < 4.78 is 26.5. The van der Waals surface area contributed by atoms with Crippen LogP contribution in [-0.4, -0.2) is 44.0 Å². The smallest absolute Gasteiger partial charge is 0.214 e. The number of hydrogen-bond donors (Lipinski definition) is 3. The third-order valence-electron chi connectivity index (χ3n) is 2.99. The van der Waals surface area contributed by atoms with Gasteiger partial charge in [-0.2, -0.15) is 0 Å². The highest BCUT2D eigenvalue weighted by atomic mass is 32.2. The van der Waals surface area contributed by atoms with Crippen molar-refractivity contribution in [3.05, 3.63) is 0 Å². The van der Waals surface area contributed by atoms with E-state index >= 15 is 0 Å². The Morgan fingerprint density at radius 2 is 1.94 bits per heavy atom. The van der Waals surface area contributed by atoms with E-state index in [4.69, 9.17) is 0 Å². The number of piperidine rings is 1. The average Bonchev–Trinajstić information content (AvgIpc) is 2.25. The van der Waals surface area contributed by atoms with E-state index in [-0.39, 0.29) is 5.25 Å². The van der Waals surface area contributed by atoms with Gasteiger partial charge in [-0.05, 0) is 52.6 Å². The van der Waals surface area contributed by atoms with Crippen LogP contribution < -0.4 is 10.0 Å². The minimum Gasteiger partial charge on any atom is -0.390 e. The molecule has 0 aromatic heterocycles. The third-order valence-corrected chi connectivity index (χ3v) is 4.95. The minimum atomic E-state index is -3.17. The molecule has 3 N–H and O–H groups in total. The molecular formula is C11H24N2O3S. The summed E-state index contributed by atoms with van der Waals surface area (Å²) in [6, 6.07) is 0. The van der Waals surface area contributed by atoms with Crippen LogP contribution in [0.3, 0.4) is 0 Å². The van der Waals surface area contributed by atoms with E-state index in [0.29, 0.717) is 32.2 Å². The predicted molar refractivity (Wildman–Crippen MR) is 68.3 cm³/mol. The summed E-state index contributed by atoms with van der Waals surface area (Å²) >= 11 is 0. The number of rotatable bonds is 6. The molecule has 5 nitrogen and oxygen atoms in total. The highest BCUT2D eigenvalue weighted by Crippen LogP contribution is 2.13. The van der Waals surface area contributed by atoms with Gasteiger partial charge in [0.1, 0.15) is 0 Å². The number of nitrogens with one attached hydrogen (secondary N) is 2. The highest BCUT2D eigenvalue weighted by Gasteiger charge is 2.26. The van der Waals surface area contributed by atoms with Gasteiger partial charge in [-0.3, -0.25) is 0 Å². The van der Waals surface area contributed by atoms with Crippen LogP contribution in [0.5, 0.6) is 0 Å². The Bertz CT molecular complexity index is 316. The Labute approximate surface area is 104 Å². The third kappa shape index (κ3) is 5.81. The largest absolute Gasteiger partial charge is 0.390 e. The van der Waals surface area contributed by atoms with E-state index in [1.165, 1.54) is 0 Å². The first-order chi connectivity index (χ1) is 7.81. The first-order valence-corrected chi connectivity index (χ1v) is 7.77. The lowest BCUT2D eigenvalue weighted by Crippen LogP contribution is -2.42. The maximum atomic E-state index is 11.9. The van der Waals surface area contributed by atoms with E-state index in [1.54, 1.807) is 13.8 Å². The lowest BCUT2D eigenvalue weighted by atomic mass is 10.0. The minimum absolute atomic E-state index is 0.258. The Balaban J connectivity index is 2.29. The van der Waals surface area contributed by atoms with Crippen molar-refractivity contribution in [1.29, 1.82) is 0 Å². The summed E-state index contributed by atoms with van der Waals surface area (Å²) in [6.07, 6.45) is 2.62. The summed E-state index contributed by atoms with van der Waals surface area (Å²) in [5, 5.41) is 12.4. The van der Waals surface area contributed by atoms with Crippen molar-refractivity contribution in [3.63, 3.8) is 0 Å². The van der Waals surface area contributed by atoms with Crippen molar-refractivity contribution in [2.45, 2.75) is 50.4 Å². The monoisotopic (exact) mass is 264 g/mol. The lowest BCUT2D eigenvalue weighted by molar-refractivity contribution is 0.0692. The van der Waals surface area contributed by atoms with Gasteiger partial charge in [0.2, 0.25) is 10.0 Å². The summed E-state index contributed by atoms with van der Waals surface area (Å²) in [6.45, 7) is 5.42. The van der Waals surface area contributed by atoms with Crippen LogP contribution in [0.1, 0.15) is 39.5 Å². The molecule has 102 valence electrons. The number of hydrogen-bond acceptors (Lipinski definition) is 4. The molecule has 0 atom stereocenters. The van der Waals surface area contributed by atoms with Crippen molar-refractivity contribution in [2.75, 3.05) is 19.6 Å². The van der Waals surface area contributed by atoms with Crippen LogP contribution in [0.15, 0.2) is 0 Å². The van der Waals surface area contributed by atoms with E-state index in [1.807, 2.05) is 0 Å². The standard InChI is InChI=1S/C11H24N2O3S/c1-11(2,14)6-3-7-13-17(15,16)10-4-8-12-9-5-10/h10,12-14H,3-9H2,1-2H3. The maximum Gasteiger partial charge on any atom is 0.214 e. The van der Waals surface area contributed by atoms with E-state index in [2.05, 4.69) is 10.0 Å². The molecule has 0 bridgehead atoms. The maximum absolute atomic E-state index is 11.9. The second-order valence-corrected chi connectivity index (χ2v) is 7.35. The van der Waals surface area contributed by atoms with Crippen LogP contribution >= 0.6 is 0 Å². The highest BCUT2D eigenvalue weighted by molar-refractivity contribution is 7.90. The van der Waals surface area contributed by atoms with E-state index in [9.17, 15) is 13.5 Å². The fourth-order valence-corrected chi connectivity index (χ4v) is 3.48.